The van der Waals surface area contributed by atoms with Crippen LogP contribution >= 0.6 is 0 Å². The Hall–Kier alpha value is -1.14. The molecule has 0 aliphatic heterocycles. The minimum atomic E-state index is -3.48. The molecular formula is C14H23N3O2S. The third kappa shape index (κ3) is 3.12. The standard InChI is InChI=1S/C14H23N3O2S/c1-3-16-13-9-10-15-11-14(13)20(18,19)17(2)12-7-5-4-6-8-12/h9-12H,3-8H2,1-2H3,(H,15,16). The molecule has 0 radical (unpaired) electrons. The van der Waals surface area contributed by atoms with Gasteiger partial charge in [0.05, 0.1) is 5.69 Å². The van der Waals surface area contributed by atoms with Crippen molar-refractivity contribution in [2.75, 3.05) is 18.9 Å². The van der Waals surface area contributed by atoms with Gasteiger partial charge in [-0.1, -0.05) is 19.3 Å². The molecule has 0 bridgehead atoms. The molecule has 1 aromatic heterocycles. The van der Waals surface area contributed by atoms with E-state index >= 15 is 0 Å². The summed E-state index contributed by atoms with van der Waals surface area (Å²) >= 11 is 0. The summed E-state index contributed by atoms with van der Waals surface area (Å²) in [6.45, 7) is 2.63. The van der Waals surface area contributed by atoms with Crippen molar-refractivity contribution in [3.05, 3.63) is 18.5 Å². The zero-order chi connectivity index (χ0) is 14.6. The Kier molecular flexibility index (Phi) is 4.99. The number of rotatable bonds is 5. The lowest BCUT2D eigenvalue weighted by molar-refractivity contribution is 0.286. The summed E-state index contributed by atoms with van der Waals surface area (Å²) in [6, 6.07) is 1.83. The molecule has 0 spiro atoms. The Balaban J connectivity index is 2.29. The Morgan fingerprint density at radius 1 is 1.35 bits per heavy atom. The summed E-state index contributed by atoms with van der Waals surface area (Å²) in [5.41, 5.74) is 0.630. The number of hydrogen-bond acceptors (Lipinski definition) is 4. The van der Waals surface area contributed by atoms with E-state index in [1.165, 1.54) is 16.9 Å². The van der Waals surface area contributed by atoms with Crippen molar-refractivity contribution in [3.63, 3.8) is 0 Å². The fraction of sp³-hybridized carbons (Fsp3) is 0.643. The van der Waals surface area contributed by atoms with Crippen LogP contribution in [0, 0.1) is 0 Å². The molecule has 6 heteroatoms. The molecule has 5 nitrogen and oxygen atoms in total. The molecule has 2 rings (SSSR count). The lowest BCUT2D eigenvalue weighted by Gasteiger charge is -2.30. The largest absolute Gasteiger partial charge is 0.384 e. The molecule has 1 aliphatic carbocycles. The van der Waals surface area contributed by atoms with Crippen molar-refractivity contribution in [1.29, 1.82) is 0 Å². The summed E-state index contributed by atoms with van der Waals surface area (Å²) in [7, 11) is -1.79. The maximum absolute atomic E-state index is 12.8. The van der Waals surface area contributed by atoms with Crippen LogP contribution in [0.25, 0.3) is 0 Å². The highest BCUT2D eigenvalue weighted by molar-refractivity contribution is 7.89. The molecular weight excluding hydrogens is 274 g/mol. The average molecular weight is 297 g/mol. The zero-order valence-corrected chi connectivity index (χ0v) is 13.0. The maximum Gasteiger partial charge on any atom is 0.246 e. The molecule has 1 fully saturated rings. The van der Waals surface area contributed by atoms with Gasteiger partial charge in [-0.3, -0.25) is 4.98 Å². The van der Waals surface area contributed by atoms with Crippen molar-refractivity contribution in [3.8, 4) is 0 Å². The van der Waals surface area contributed by atoms with Gasteiger partial charge < -0.3 is 5.32 Å². The highest BCUT2D eigenvalue weighted by Crippen LogP contribution is 2.29. The van der Waals surface area contributed by atoms with Gasteiger partial charge in [-0.15, -0.1) is 0 Å². The molecule has 20 heavy (non-hydrogen) atoms. The van der Waals surface area contributed by atoms with Gasteiger partial charge in [0, 0.05) is 32.0 Å². The number of nitrogens with one attached hydrogen (secondary N) is 1. The first kappa shape index (κ1) is 15.3. The quantitative estimate of drug-likeness (QED) is 0.907. The summed E-state index contributed by atoms with van der Waals surface area (Å²) < 4.78 is 27.1. The molecule has 1 saturated carbocycles. The number of pyridine rings is 1. The smallest absolute Gasteiger partial charge is 0.246 e. The maximum atomic E-state index is 12.8. The first-order valence-electron chi connectivity index (χ1n) is 7.23. The lowest BCUT2D eigenvalue weighted by atomic mass is 9.96. The third-order valence-electron chi connectivity index (χ3n) is 3.90. The zero-order valence-electron chi connectivity index (χ0n) is 12.2. The third-order valence-corrected chi connectivity index (χ3v) is 5.84. The van der Waals surface area contributed by atoms with Crippen molar-refractivity contribution in [2.45, 2.75) is 50.0 Å². The van der Waals surface area contributed by atoms with Crippen LogP contribution in [0.1, 0.15) is 39.0 Å². The number of aromatic nitrogens is 1. The predicted octanol–water partition coefficient (Wildman–Crippen LogP) is 2.47. The minimum Gasteiger partial charge on any atom is -0.384 e. The van der Waals surface area contributed by atoms with E-state index in [0.717, 1.165) is 25.7 Å². The van der Waals surface area contributed by atoms with Gasteiger partial charge in [-0.05, 0) is 25.8 Å². The predicted molar refractivity (Wildman–Crippen MR) is 80.2 cm³/mol. The summed E-state index contributed by atoms with van der Waals surface area (Å²) in [4.78, 5) is 4.25. The first-order valence-corrected chi connectivity index (χ1v) is 8.67. The number of anilines is 1. The summed E-state index contributed by atoms with van der Waals surface area (Å²) in [5, 5.41) is 3.09. The van der Waals surface area contributed by atoms with Gasteiger partial charge in [-0.25, -0.2) is 8.42 Å². The molecule has 1 heterocycles. The van der Waals surface area contributed by atoms with Crippen molar-refractivity contribution in [2.24, 2.45) is 0 Å². The molecule has 1 aliphatic rings. The van der Waals surface area contributed by atoms with Crippen LogP contribution in [0.3, 0.4) is 0 Å². The minimum absolute atomic E-state index is 0.114. The van der Waals surface area contributed by atoms with Crippen LogP contribution in [0.4, 0.5) is 5.69 Å². The van der Waals surface area contributed by atoms with E-state index in [1.807, 2.05) is 6.92 Å². The molecule has 0 saturated heterocycles. The van der Waals surface area contributed by atoms with E-state index in [-0.39, 0.29) is 10.9 Å². The van der Waals surface area contributed by atoms with E-state index in [1.54, 1.807) is 19.3 Å². The molecule has 112 valence electrons. The van der Waals surface area contributed by atoms with E-state index in [4.69, 9.17) is 0 Å². The van der Waals surface area contributed by atoms with Crippen molar-refractivity contribution >= 4 is 15.7 Å². The highest BCUT2D eigenvalue weighted by atomic mass is 32.2. The Labute approximate surface area is 121 Å². The average Bonchev–Trinajstić information content (AvgIpc) is 2.48. The molecule has 0 unspecified atom stereocenters. The molecule has 0 atom stereocenters. The number of hydrogen-bond donors (Lipinski definition) is 1. The van der Waals surface area contributed by atoms with Crippen LogP contribution < -0.4 is 5.32 Å². The second-order valence-corrected chi connectivity index (χ2v) is 7.18. The van der Waals surface area contributed by atoms with E-state index < -0.39 is 10.0 Å². The summed E-state index contributed by atoms with van der Waals surface area (Å²) in [6.07, 6.45) is 8.37. The van der Waals surface area contributed by atoms with Gasteiger partial charge in [-0.2, -0.15) is 4.31 Å². The van der Waals surface area contributed by atoms with Crippen LogP contribution in [0.15, 0.2) is 23.4 Å². The highest BCUT2D eigenvalue weighted by Gasteiger charge is 2.30. The van der Waals surface area contributed by atoms with E-state index in [9.17, 15) is 8.42 Å². The fourth-order valence-corrected chi connectivity index (χ4v) is 4.24. The topological polar surface area (TPSA) is 62.3 Å². The van der Waals surface area contributed by atoms with Crippen LogP contribution in [-0.2, 0) is 10.0 Å². The van der Waals surface area contributed by atoms with Gasteiger partial charge in [0.25, 0.3) is 0 Å². The van der Waals surface area contributed by atoms with Crippen LogP contribution in [0.2, 0.25) is 0 Å². The fourth-order valence-electron chi connectivity index (χ4n) is 2.72. The van der Waals surface area contributed by atoms with Crippen LogP contribution in [0.5, 0.6) is 0 Å². The monoisotopic (exact) mass is 297 g/mol. The van der Waals surface area contributed by atoms with Gasteiger partial charge in [0.1, 0.15) is 4.90 Å². The van der Waals surface area contributed by atoms with Gasteiger partial charge >= 0.3 is 0 Å². The Morgan fingerprint density at radius 3 is 2.70 bits per heavy atom. The second kappa shape index (κ2) is 6.54. The van der Waals surface area contributed by atoms with Crippen LogP contribution in [-0.4, -0.2) is 37.3 Å². The molecule has 1 aromatic rings. The Morgan fingerprint density at radius 2 is 2.05 bits per heavy atom. The first-order chi connectivity index (χ1) is 9.57. The number of sulfonamides is 1. The second-order valence-electron chi connectivity index (χ2n) is 5.22. The van der Waals surface area contributed by atoms with Crippen molar-refractivity contribution < 1.29 is 8.42 Å². The lowest BCUT2D eigenvalue weighted by Crippen LogP contribution is -2.38. The molecule has 0 amide bonds. The molecule has 1 N–H and O–H groups in total. The van der Waals surface area contributed by atoms with E-state index in [2.05, 4.69) is 10.3 Å². The molecule has 0 aromatic carbocycles. The SMILES string of the molecule is CCNc1ccncc1S(=O)(=O)N(C)C1CCCCC1. The normalized spacial score (nSPS) is 17.4. The Bertz CT molecular complexity index is 539. The summed E-state index contributed by atoms with van der Waals surface area (Å²) in [5.74, 6) is 0. The van der Waals surface area contributed by atoms with Gasteiger partial charge in [0.15, 0.2) is 0 Å². The van der Waals surface area contributed by atoms with Crippen molar-refractivity contribution in [1.82, 2.24) is 9.29 Å². The van der Waals surface area contributed by atoms with E-state index in [0.29, 0.717) is 12.2 Å². The number of nitrogens with zero attached hydrogens (tertiary/aromatic N) is 2. The van der Waals surface area contributed by atoms with Gasteiger partial charge in [0.2, 0.25) is 10.0 Å².